The Balaban J connectivity index is 1.61. The average molecular weight is 308 g/mol. The maximum Gasteiger partial charge on any atom is 0.141 e. The molecule has 0 unspecified atom stereocenters. The van der Waals surface area contributed by atoms with Gasteiger partial charge in [0.25, 0.3) is 0 Å². The van der Waals surface area contributed by atoms with Gasteiger partial charge in [-0.15, -0.1) is 0 Å². The van der Waals surface area contributed by atoms with Crippen LogP contribution in [0.25, 0.3) is 0 Å². The molecule has 0 bridgehead atoms. The minimum absolute atomic E-state index is 0.0730. The van der Waals surface area contributed by atoms with E-state index in [1.807, 2.05) is 0 Å². The highest BCUT2D eigenvalue weighted by atomic mass is 16.6. The van der Waals surface area contributed by atoms with E-state index in [1.54, 1.807) is 0 Å². The third kappa shape index (κ3) is 1.45. The van der Waals surface area contributed by atoms with Crippen LogP contribution in [0, 0.1) is 11.8 Å². The molecule has 0 aromatic heterocycles. The van der Waals surface area contributed by atoms with Crippen molar-refractivity contribution in [1.82, 2.24) is 0 Å². The Labute approximate surface area is 128 Å². The quantitative estimate of drug-likeness (QED) is 0.678. The molecule has 2 saturated carbocycles. The number of Topliss-reactive ketones (excluding diaryl/α,β-unsaturated/α-hetero) is 2. The number of carbonyl (C=O) groups is 2. The second kappa shape index (κ2) is 4.17. The summed E-state index contributed by atoms with van der Waals surface area (Å²) in [5.41, 5.74) is -1.66. The molecule has 3 aliphatic heterocycles. The van der Waals surface area contributed by atoms with Crippen molar-refractivity contribution < 1.29 is 28.9 Å². The summed E-state index contributed by atoms with van der Waals surface area (Å²) in [4.78, 5) is 24.8. The molecule has 1 N–H and O–H groups in total. The van der Waals surface area contributed by atoms with Crippen LogP contribution >= 0.6 is 0 Å². The van der Waals surface area contributed by atoms with Crippen LogP contribution in [0.2, 0.25) is 0 Å². The highest BCUT2D eigenvalue weighted by Gasteiger charge is 2.71. The Kier molecular flexibility index (Phi) is 2.58. The largest absolute Gasteiger partial charge is 0.384 e. The van der Waals surface area contributed by atoms with Gasteiger partial charge in [-0.3, -0.25) is 9.59 Å². The van der Waals surface area contributed by atoms with Gasteiger partial charge in [0, 0.05) is 44.6 Å². The molecule has 3 heterocycles. The SMILES string of the molecule is O=C1C[C@@H]2OCC[C@@]23O[C@@H]2[C@@H](C(=O)C[C@@H]4OCC[C@@]42O)[C@H]3C1. The van der Waals surface area contributed by atoms with E-state index >= 15 is 0 Å². The standard InChI is InChI=1S/C16H20O6/c17-8-5-9-13-10(18)7-11-15(19,1-3-20-11)14(13)22-16(9)2-4-21-12(16)6-8/h9,11-14,19H,1-7H2/t9-,11+,12+,13-,14-,15-,16+/m1/s1. The number of fused-ring (bicyclic) bond motifs is 4. The molecular weight excluding hydrogens is 288 g/mol. The minimum atomic E-state index is -1.10. The molecule has 0 radical (unpaired) electrons. The summed E-state index contributed by atoms with van der Waals surface area (Å²) in [6.07, 6.45) is 0.882. The Morgan fingerprint density at radius 1 is 1.00 bits per heavy atom. The predicted molar refractivity (Wildman–Crippen MR) is 72.1 cm³/mol. The van der Waals surface area contributed by atoms with E-state index in [2.05, 4.69) is 0 Å². The lowest BCUT2D eigenvalue weighted by Gasteiger charge is -2.41. The van der Waals surface area contributed by atoms with E-state index in [9.17, 15) is 14.7 Å². The number of hydrogen-bond acceptors (Lipinski definition) is 6. The monoisotopic (exact) mass is 308 g/mol. The van der Waals surface area contributed by atoms with Crippen LogP contribution in [-0.4, -0.2) is 59.4 Å². The minimum Gasteiger partial charge on any atom is -0.384 e. The maximum absolute atomic E-state index is 12.7. The lowest BCUT2D eigenvalue weighted by molar-refractivity contribution is -0.193. The zero-order valence-corrected chi connectivity index (χ0v) is 12.3. The van der Waals surface area contributed by atoms with E-state index in [4.69, 9.17) is 14.2 Å². The van der Waals surface area contributed by atoms with Gasteiger partial charge in [0.2, 0.25) is 0 Å². The summed E-state index contributed by atoms with van der Waals surface area (Å²) >= 11 is 0. The first kappa shape index (κ1) is 13.6. The zero-order chi connectivity index (χ0) is 15.1. The Hall–Kier alpha value is -0.820. The van der Waals surface area contributed by atoms with Gasteiger partial charge in [0.1, 0.15) is 22.8 Å². The fraction of sp³-hybridized carbons (Fsp3) is 0.875. The lowest BCUT2D eigenvalue weighted by atomic mass is 9.62. The maximum atomic E-state index is 12.7. The van der Waals surface area contributed by atoms with Crippen molar-refractivity contribution in [2.45, 2.75) is 61.6 Å². The van der Waals surface area contributed by atoms with Gasteiger partial charge < -0.3 is 19.3 Å². The molecule has 6 nitrogen and oxygen atoms in total. The van der Waals surface area contributed by atoms with Crippen molar-refractivity contribution in [3.63, 3.8) is 0 Å². The molecular formula is C16H20O6. The van der Waals surface area contributed by atoms with Crippen molar-refractivity contribution in [1.29, 1.82) is 0 Å². The number of ketones is 2. The third-order valence-electron chi connectivity index (χ3n) is 6.58. The molecule has 120 valence electrons. The average Bonchev–Trinajstić information content (AvgIpc) is 3.12. The molecule has 6 heteroatoms. The molecule has 2 aliphatic carbocycles. The molecule has 5 aliphatic rings. The summed E-state index contributed by atoms with van der Waals surface area (Å²) in [5.74, 6) is -0.328. The third-order valence-corrected chi connectivity index (χ3v) is 6.58. The van der Waals surface area contributed by atoms with Gasteiger partial charge in [-0.25, -0.2) is 0 Å². The van der Waals surface area contributed by atoms with Gasteiger partial charge >= 0.3 is 0 Å². The van der Waals surface area contributed by atoms with Crippen LogP contribution in [0.1, 0.15) is 32.1 Å². The highest BCUT2D eigenvalue weighted by molar-refractivity contribution is 5.87. The van der Waals surface area contributed by atoms with Crippen molar-refractivity contribution in [3.8, 4) is 0 Å². The topological polar surface area (TPSA) is 82.1 Å². The second-order valence-corrected chi connectivity index (χ2v) is 7.45. The summed E-state index contributed by atoms with van der Waals surface area (Å²) in [7, 11) is 0. The molecule has 3 saturated heterocycles. The molecule has 1 spiro atoms. The fourth-order valence-corrected chi connectivity index (χ4v) is 5.56. The first-order chi connectivity index (χ1) is 10.5. The molecule has 7 atom stereocenters. The van der Waals surface area contributed by atoms with Gasteiger partial charge in [-0.1, -0.05) is 0 Å². The van der Waals surface area contributed by atoms with Crippen LogP contribution in [0.3, 0.4) is 0 Å². The lowest BCUT2D eigenvalue weighted by Crippen LogP contribution is -2.58. The van der Waals surface area contributed by atoms with Crippen LogP contribution in [0.5, 0.6) is 0 Å². The van der Waals surface area contributed by atoms with Crippen molar-refractivity contribution in [2.24, 2.45) is 11.8 Å². The van der Waals surface area contributed by atoms with E-state index in [1.165, 1.54) is 0 Å². The highest BCUT2D eigenvalue weighted by Crippen LogP contribution is 2.59. The van der Waals surface area contributed by atoms with Crippen molar-refractivity contribution in [3.05, 3.63) is 0 Å². The van der Waals surface area contributed by atoms with Crippen LogP contribution in [0.15, 0.2) is 0 Å². The summed E-state index contributed by atoms with van der Waals surface area (Å²) in [5, 5.41) is 11.1. The van der Waals surface area contributed by atoms with Crippen LogP contribution in [0.4, 0.5) is 0 Å². The van der Waals surface area contributed by atoms with E-state index in [-0.39, 0.29) is 30.0 Å². The number of carbonyl (C=O) groups excluding carboxylic acids is 2. The Bertz CT molecular complexity index is 561. The first-order valence-corrected chi connectivity index (χ1v) is 8.22. The summed E-state index contributed by atoms with van der Waals surface area (Å²) in [6, 6.07) is 0. The summed E-state index contributed by atoms with van der Waals surface area (Å²) < 4.78 is 17.7. The molecule has 22 heavy (non-hydrogen) atoms. The smallest absolute Gasteiger partial charge is 0.141 e. The predicted octanol–water partition coefficient (Wildman–Crippen LogP) is 0.001000. The molecule has 5 rings (SSSR count). The number of ether oxygens (including phenoxy) is 3. The van der Waals surface area contributed by atoms with Crippen molar-refractivity contribution in [2.75, 3.05) is 13.2 Å². The van der Waals surface area contributed by atoms with Crippen LogP contribution < -0.4 is 0 Å². The fourth-order valence-electron chi connectivity index (χ4n) is 5.56. The van der Waals surface area contributed by atoms with Gasteiger partial charge in [-0.2, -0.15) is 0 Å². The Morgan fingerprint density at radius 3 is 2.64 bits per heavy atom. The Morgan fingerprint density at radius 2 is 1.77 bits per heavy atom. The number of rotatable bonds is 0. The first-order valence-electron chi connectivity index (χ1n) is 8.22. The van der Waals surface area contributed by atoms with Crippen LogP contribution in [-0.2, 0) is 23.8 Å². The molecule has 0 aromatic rings. The van der Waals surface area contributed by atoms with Gasteiger partial charge in [0.05, 0.1) is 30.8 Å². The molecule has 5 fully saturated rings. The van der Waals surface area contributed by atoms with E-state index in [0.29, 0.717) is 38.9 Å². The van der Waals surface area contributed by atoms with Crippen molar-refractivity contribution >= 4 is 11.6 Å². The van der Waals surface area contributed by atoms with Gasteiger partial charge in [0.15, 0.2) is 0 Å². The van der Waals surface area contributed by atoms with Gasteiger partial charge in [-0.05, 0) is 0 Å². The van der Waals surface area contributed by atoms with E-state index in [0.717, 1.165) is 0 Å². The normalized spacial score (nSPS) is 56.5. The number of aliphatic hydroxyl groups is 1. The van der Waals surface area contributed by atoms with E-state index < -0.39 is 29.3 Å². The molecule has 0 aromatic carbocycles. The molecule has 0 amide bonds. The summed E-state index contributed by atoms with van der Waals surface area (Å²) in [6.45, 7) is 1.01. The number of hydrogen-bond donors (Lipinski definition) is 1. The zero-order valence-electron chi connectivity index (χ0n) is 12.3. The second-order valence-electron chi connectivity index (χ2n) is 7.45.